The van der Waals surface area contributed by atoms with Crippen LogP contribution in [0.15, 0.2) is 95.9 Å². The van der Waals surface area contributed by atoms with Crippen molar-refractivity contribution in [2.75, 3.05) is 19.0 Å². The zero-order chi connectivity index (χ0) is 31.1. The fourth-order valence-corrected chi connectivity index (χ4v) is 4.82. The van der Waals surface area contributed by atoms with Gasteiger partial charge in [-0.3, -0.25) is 9.59 Å². The fourth-order valence-electron chi connectivity index (χ4n) is 4.09. The van der Waals surface area contributed by atoms with Crippen LogP contribution in [0.2, 0.25) is 0 Å². The van der Waals surface area contributed by atoms with Crippen LogP contribution in [0.5, 0.6) is 5.75 Å². The maximum absolute atomic E-state index is 10.9. The molecule has 0 unspecified atom stereocenters. The Balaban J connectivity index is 1.25. The van der Waals surface area contributed by atoms with Crippen LogP contribution in [0.1, 0.15) is 52.8 Å². The number of benzene rings is 4. The lowest BCUT2D eigenvalue weighted by atomic mass is 10.1. The predicted octanol–water partition coefficient (Wildman–Crippen LogP) is 7.13. The van der Waals surface area contributed by atoms with E-state index in [0.717, 1.165) is 55.3 Å². The fraction of sp³-hybridized carbons (Fsp3) is 0.211. The van der Waals surface area contributed by atoms with Crippen LogP contribution in [0.4, 0.5) is 0 Å². The number of carbonyl (C=O) groups excluding carboxylic acids is 2. The van der Waals surface area contributed by atoms with Crippen LogP contribution < -0.4 is 4.74 Å². The Kier molecular flexibility index (Phi) is 12.1. The number of ether oxygens (including phenoxy) is 3. The topological polar surface area (TPSA) is 61.8 Å². The van der Waals surface area contributed by atoms with Gasteiger partial charge in [0.2, 0.25) is 0 Å². The van der Waals surface area contributed by atoms with Gasteiger partial charge in [-0.05, 0) is 90.3 Å². The summed E-state index contributed by atoms with van der Waals surface area (Å²) >= 11 is 1.64. The summed E-state index contributed by atoms with van der Waals surface area (Å²) in [5.41, 5.74) is 7.02. The van der Waals surface area contributed by atoms with E-state index in [2.05, 4.69) is 36.7 Å². The molecule has 6 heteroatoms. The molecule has 0 heterocycles. The average Bonchev–Trinajstić information content (AvgIpc) is 3.02. The maximum Gasteiger partial charge on any atom is 0.302 e. The van der Waals surface area contributed by atoms with Crippen molar-refractivity contribution in [3.05, 3.63) is 130 Å². The summed E-state index contributed by atoms with van der Waals surface area (Å²) in [5, 5.41) is 0. The molecule has 0 amide bonds. The van der Waals surface area contributed by atoms with Gasteiger partial charge in [-0.1, -0.05) is 47.9 Å². The Morgan fingerprint density at radius 1 is 0.659 bits per heavy atom. The summed E-state index contributed by atoms with van der Waals surface area (Å²) < 4.78 is 16.0. The van der Waals surface area contributed by atoms with E-state index >= 15 is 0 Å². The molecule has 0 aromatic heterocycles. The molecule has 0 atom stereocenters. The molecular weight excluding hydrogens is 568 g/mol. The Labute approximate surface area is 263 Å². The van der Waals surface area contributed by atoms with E-state index in [9.17, 15) is 9.59 Å². The number of hydrogen-bond acceptors (Lipinski definition) is 6. The molecule has 0 aliphatic heterocycles. The van der Waals surface area contributed by atoms with Crippen molar-refractivity contribution in [2.24, 2.45) is 0 Å². The molecule has 0 saturated heterocycles. The zero-order valence-corrected chi connectivity index (χ0v) is 26.0. The minimum atomic E-state index is -0.263. The molecule has 4 aromatic carbocycles. The summed E-state index contributed by atoms with van der Waals surface area (Å²) in [4.78, 5) is 22.9. The third kappa shape index (κ3) is 11.1. The molecule has 0 radical (unpaired) electrons. The number of thioether (sulfide) groups is 1. The number of esters is 2. The lowest BCUT2D eigenvalue weighted by molar-refractivity contribution is -0.141. The van der Waals surface area contributed by atoms with E-state index in [1.165, 1.54) is 13.8 Å². The van der Waals surface area contributed by atoms with Gasteiger partial charge < -0.3 is 14.2 Å². The lowest BCUT2D eigenvalue weighted by Crippen LogP contribution is -2.03. The number of aryl methyl sites for hydroxylation is 1. The van der Waals surface area contributed by atoms with Crippen molar-refractivity contribution in [3.63, 3.8) is 0 Å². The highest BCUT2D eigenvalue weighted by molar-refractivity contribution is 7.99. The first-order valence-electron chi connectivity index (χ1n) is 14.3. The van der Waals surface area contributed by atoms with Gasteiger partial charge >= 0.3 is 11.9 Å². The van der Waals surface area contributed by atoms with E-state index in [-0.39, 0.29) is 11.9 Å². The standard InChI is InChI=1S/C38H34O5S/c1-28-26-35(11-17-36(28)16-10-33-14-20-38(21-15-33)44-25-24-42-30(3)40)27-43-37-18-12-32(13-19-37)5-4-31-6-8-34(9-7-31)22-23-41-29(2)39/h6-9,11-15,17-21,26H,22-25,27H2,1-3H3. The summed E-state index contributed by atoms with van der Waals surface area (Å²) in [7, 11) is 0. The van der Waals surface area contributed by atoms with Crippen molar-refractivity contribution in [1.82, 2.24) is 0 Å². The van der Waals surface area contributed by atoms with Gasteiger partial charge in [-0.15, -0.1) is 11.8 Å². The molecule has 0 fully saturated rings. The highest BCUT2D eigenvalue weighted by Gasteiger charge is 2.02. The normalized spacial score (nSPS) is 10.1. The highest BCUT2D eigenvalue weighted by atomic mass is 32.2. The molecule has 0 saturated carbocycles. The van der Waals surface area contributed by atoms with Crippen LogP contribution in [-0.4, -0.2) is 30.9 Å². The Bertz CT molecular complexity index is 1680. The Hall–Kier alpha value is -4.91. The first-order chi connectivity index (χ1) is 21.3. The van der Waals surface area contributed by atoms with Crippen molar-refractivity contribution < 1.29 is 23.8 Å². The SMILES string of the molecule is CC(=O)OCCSc1ccc(C#Cc2ccc(COc3ccc(C#Cc4ccc(CCOC(C)=O)cc4)cc3)cc2C)cc1. The van der Waals surface area contributed by atoms with Gasteiger partial charge in [0.1, 0.15) is 19.0 Å². The second-order valence-electron chi connectivity index (χ2n) is 9.96. The number of carbonyl (C=O) groups is 2. The predicted molar refractivity (Wildman–Crippen MR) is 174 cm³/mol. The summed E-state index contributed by atoms with van der Waals surface area (Å²) in [5.74, 6) is 13.9. The van der Waals surface area contributed by atoms with Crippen LogP contribution in [-0.2, 0) is 32.1 Å². The molecule has 4 aromatic rings. The van der Waals surface area contributed by atoms with Crippen LogP contribution in [0.25, 0.3) is 0 Å². The van der Waals surface area contributed by atoms with Crippen molar-refractivity contribution >= 4 is 23.7 Å². The van der Waals surface area contributed by atoms with Gasteiger partial charge in [0, 0.05) is 53.2 Å². The average molecular weight is 603 g/mol. The molecule has 0 spiro atoms. The van der Waals surface area contributed by atoms with E-state index in [4.69, 9.17) is 14.2 Å². The highest BCUT2D eigenvalue weighted by Crippen LogP contribution is 2.19. The van der Waals surface area contributed by atoms with Gasteiger partial charge in [-0.25, -0.2) is 0 Å². The minimum Gasteiger partial charge on any atom is -0.489 e. The number of hydrogen-bond donors (Lipinski definition) is 0. The molecular formula is C38H34O5S. The first-order valence-corrected chi connectivity index (χ1v) is 15.3. The zero-order valence-electron chi connectivity index (χ0n) is 25.1. The second-order valence-corrected chi connectivity index (χ2v) is 11.1. The van der Waals surface area contributed by atoms with Crippen LogP contribution >= 0.6 is 11.8 Å². The number of rotatable bonds is 10. The molecule has 222 valence electrons. The monoisotopic (exact) mass is 602 g/mol. The molecule has 0 aliphatic carbocycles. The third-order valence-corrected chi connectivity index (χ3v) is 7.38. The quantitative estimate of drug-likeness (QED) is 0.0833. The van der Waals surface area contributed by atoms with Crippen molar-refractivity contribution in [1.29, 1.82) is 0 Å². The summed E-state index contributed by atoms with van der Waals surface area (Å²) in [6.07, 6.45) is 0.685. The lowest BCUT2D eigenvalue weighted by Gasteiger charge is -2.08. The Morgan fingerprint density at radius 3 is 1.82 bits per heavy atom. The van der Waals surface area contributed by atoms with E-state index in [1.807, 2.05) is 84.9 Å². The molecule has 5 nitrogen and oxygen atoms in total. The Morgan fingerprint density at radius 2 is 1.20 bits per heavy atom. The summed E-state index contributed by atoms with van der Waals surface area (Å²) in [6, 6.07) is 30.0. The summed E-state index contributed by atoms with van der Waals surface area (Å²) in [6.45, 7) is 6.13. The van der Waals surface area contributed by atoms with E-state index in [1.54, 1.807) is 11.8 Å². The molecule has 0 bridgehead atoms. The smallest absolute Gasteiger partial charge is 0.302 e. The first kappa shape index (κ1) is 32.0. The van der Waals surface area contributed by atoms with E-state index < -0.39 is 0 Å². The van der Waals surface area contributed by atoms with Gasteiger partial charge in [0.25, 0.3) is 0 Å². The molecule has 0 N–H and O–H groups in total. The largest absolute Gasteiger partial charge is 0.489 e. The maximum atomic E-state index is 10.9. The van der Waals surface area contributed by atoms with E-state index in [0.29, 0.717) is 26.2 Å². The second kappa shape index (κ2) is 16.7. The van der Waals surface area contributed by atoms with Crippen molar-refractivity contribution in [3.8, 4) is 29.4 Å². The van der Waals surface area contributed by atoms with Crippen LogP contribution in [0, 0.1) is 30.6 Å². The van der Waals surface area contributed by atoms with Crippen LogP contribution in [0.3, 0.4) is 0 Å². The molecule has 4 rings (SSSR count). The molecule has 0 aliphatic rings. The van der Waals surface area contributed by atoms with Crippen molar-refractivity contribution in [2.45, 2.75) is 38.7 Å². The molecule has 44 heavy (non-hydrogen) atoms. The third-order valence-electron chi connectivity index (χ3n) is 6.41. The van der Waals surface area contributed by atoms with Gasteiger partial charge in [0.05, 0.1) is 6.61 Å². The van der Waals surface area contributed by atoms with Gasteiger partial charge in [-0.2, -0.15) is 0 Å². The minimum absolute atomic E-state index is 0.254. The van der Waals surface area contributed by atoms with Gasteiger partial charge in [0.15, 0.2) is 0 Å².